The maximum atomic E-state index is 4.46. The van der Waals surface area contributed by atoms with Crippen LogP contribution in [0.5, 0.6) is 0 Å². The van der Waals surface area contributed by atoms with Crippen LogP contribution in [0.4, 0.5) is 17.3 Å². The molecule has 100 valence electrons. The molecular formula is C14H17BrN4. The van der Waals surface area contributed by atoms with E-state index < -0.39 is 0 Å². The van der Waals surface area contributed by atoms with Crippen molar-refractivity contribution in [3.05, 3.63) is 39.6 Å². The first-order valence-corrected chi connectivity index (χ1v) is 6.87. The Morgan fingerprint density at radius 2 is 1.74 bits per heavy atom. The van der Waals surface area contributed by atoms with Crippen LogP contribution in [-0.2, 0) is 0 Å². The maximum absolute atomic E-state index is 4.46. The number of hydrogen-bond donors (Lipinski definition) is 2. The van der Waals surface area contributed by atoms with E-state index in [4.69, 9.17) is 0 Å². The van der Waals surface area contributed by atoms with Crippen molar-refractivity contribution in [2.24, 2.45) is 0 Å². The molecule has 0 aliphatic rings. The fraction of sp³-hybridized carbons (Fsp3) is 0.286. The van der Waals surface area contributed by atoms with Crippen molar-refractivity contribution in [2.45, 2.75) is 20.8 Å². The van der Waals surface area contributed by atoms with Crippen molar-refractivity contribution in [1.82, 2.24) is 9.97 Å². The van der Waals surface area contributed by atoms with Gasteiger partial charge in [0.05, 0.1) is 5.69 Å². The molecule has 0 saturated heterocycles. The first-order chi connectivity index (χ1) is 9.02. The molecule has 0 fully saturated rings. The van der Waals surface area contributed by atoms with Gasteiger partial charge in [-0.05, 0) is 48.3 Å². The van der Waals surface area contributed by atoms with Gasteiger partial charge >= 0.3 is 0 Å². The molecule has 2 aromatic rings. The molecule has 0 spiro atoms. The van der Waals surface area contributed by atoms with Crippen LogP contribution in [0, 0.1) is 20.8 Å². The van der Waals surface area contributed by atoms with Crippen molar-refractivity contribution in [1.29, 1.82) is 0 Å². The lowest BCUT2D eigenvalue weighted by Crippen LogP contribution is -2.05. The molecule has 0 aliphatic carbocycles. The van der Waals surface area contributed by atoms with E-state index in [2.05, 4.69) is 49.5 Å². The van der Waals surface area contributed by atoms with Crippen molar-refractivity contribution in [2.75, 3.05) is 17.7 Å². The summed E-state index contributed by atoms with van der Waals surface area (Å²) >= 11 is 3.59. The predicted molar refractivity (Wildman–Crippen MR) is 83.2 cm³/mol. The van der Waals surface area contributed by atoms with E-state index in [9.17, 15) is 0 Å². The zero-order chi connectivity index (χ0) is 14.0. The molecular weight excluding hydrogens is 304 g/mol. The van der Waals surface area contributed by atoms with Gasteiger partial charge < -0.3 is 10.6 Å². The Bertz CT molecular complexity index is 611. The lowest BCUT2D eigenvalue weighted by molar-refractivity contribution is 1.03. The molecule has 1 aromatic carbocycles. The number of rotatable bonds is 3. The number of benzene rings is 1. The zero-order valence-electron chi connectivity index (χ0n) is 11.5. The van der Waals surface area contributed by atoms with Crippen LogP contribution >= 0.6 is 15.9 Å². The minimum atomic E-state index is 0.737. The van der Waals surface area contributed by atoms with Gasteiger partial charge in [0, 0.05) is 17.1 Å². The van der Waals surface area contributed by atoms with E-state index in [0.29, 0.717) is 0 Å². The highest BCUT2D eigenvalue weighted by molar-refractivity contribution is 9.10. The van der Waals surface area contributed by atoms with Crippen LogP contribution in [-0.4, -0.2) is 17.0 Å². The van der Waals surface area contributed by atoms with Gasteiger partial charge in [-0.3, -0.25) is 0 Å². The number of anilines is 3. The summed E-state index contributed by atoms with van der Waals surface area (Å²) in [4.78, 5) is 8.82. The van der Waals surface area contributed by atoms with Gasteiger partial charge in [0.1, 0.15) is 17.5 Å². The van der Waals surface area contributed by atoms with Crippen molar-refractivity contribution in [3.63, 3.8) is 0 Å². The Kier molecular flexibility index (Phi) is 4.04. The SMILES string of the molecule is CNc1nc(C)nc(Nc2cccc(C)c2Br)c1C. The number of aryl methyl sites for hydroxylation is 2. The fourth-order valence-electron chi connectivity index (χ4n) is 1.87. The Hall–Kier alpha value is -1.62. The molecule has 0 bridgehead atoms. The summed E-state index contributed by atoms with van der Waals surface area (Å²) in [6, 6.07) is 6.10. The molecule has 0 radical (unpaired) electrons. The topological polar surface area (TPSA) is 49.8 Å². The molecule has 0 aliphatic heterocycles. The summed E-state index contributed by atoms with van der Waals surface area (Å²) < 4.78 is 1.05. The standard InChI is InChI=1S/C14H17BrN4/c1-8-6-5-7-11(12(8)15)19-14-9(2)13(16-4)17-10(3)18-14/h5-7H,1-4H3,(H2,16,17,18,19). The van der Waals surface area contributed by atoms with E-state index in [1.807, 2.05) is 33.0 Å². The second-order valence-electron chi connectivity index (χ2n) is 4.40. The van der Waals surface area contributed by atoms with Crippen LogP contribution in [0.1, 0.15) is 17.0 Å². The summed E-state index contributed by atoms with van der Waals surface area (Å²) in [5, 5.41) is 6.44. The van der Waals surface area contributed by atoms with Gasteiger partial charge in [0.25, 0.3) is 0 Å². The highest BCUT2D eigenvalue weighted by atomic mass is 79.9. The summed E-state index contributed by atoms with van der Waals surface area (Å²) in [5.74, 6) is 2.41. The molecule has 5 heteroatoms. The highest BCUT2D eigenvalue weighted by Crippen LogP contribution is 2.30. The van der Waals surface area contributed by atoms with Gasteiger partial charge in [-0.2, -0.15) is 0 Å². The lowest BCUT2D eigenvalue weighted by Gasteiger charge is -2.14. The van der Waals surface area contributed by atoms with Crippen LogP contribution in [0.25, 0.3) is 0 Å². The van der Waals surface area contributed by atoms with Gasteiger partial charge in [0.2, 0.25) is 0 Å². The average molecular weight is 321 g/mol. The third kappa shape index (κ3) is 2.87. The van der Waals surface area contributed by atoms with Crippen molar-refractivity contribution < 1.29 is 0 Å². The molecule has 19 heavy (non-hydrogen) atoms. The maximum Gasteiger partial charge on any atom is 0.139 e. The first-order valence-electron chi connectivity index (χ1n) is 6.08. The Morgan fingerprint density at radius 3 is 2.42 bits per heavy atom. The molecule has 0 amide bonds. The van der Waals surface area contributed by atoms with Gasteiger partial charge in [-0.15, -0.1) is 0 Å². The molecule has 4 nitrogen and oxygen atoms in total. The summed E-state index contributed by atoms with van der Waals surface area (Å²) in [7, 11) is 1.86. The summed E-state index contributed by atoms with van der Waals surface area (Å²) in [6.45, 7) is 5.94. The molecule has 2 N–H and O–H groups in total. The number of hydrogen-bond acceptors (Lipinski definition) is 4. The van der Waals surface area contributed by atoms with Crippen molar-refractivity contribution in [3.8, 4) is 0 Å². The van der Waals surface area contributed by atoms with Gasteiger partial charge in [-0.25, -0.2) is 9.97 Å². The number of halogens is 1. The number of nitrogens with zero attached hydrogens (tertiary/aromatic N) is 2. The smallest absolute Gasteiger partial charge is 0.139 e. The third-order valence-electron chi connectivity index (χ3n) is 2.94. The first kappa shape index (κ1) is 13.8. The third-order valence-corrected chi connectivity index (χ3v) is 3.99. The van der Waals surface area contributed by atoms with Gasteiger partial charge in [-0.1, -0.05) is 12.1 Å². The molecule has 0 unspecified atom stereocenters. The van der Waals surface area contributed by atoms with Gasteiger partial charge in [0.15, 0.2) is 0 Å². The molecule has 2 rings (SSSR count). The normalized spacial score (nSPS) is 10.4. The molecule has 0 atom stereocenters. The van der Waals surface area contributed by atoms with E-state index in [1.54, 1.807) is 0 Å². The molecule has 1 aromatic heterocycles. The van der Waals surface area contributed by atoms with Crippen LogP contribution in [0.15, 0.2) is 22.7 Å². The molecule has 1 heterocycles. The molecule has 0 saturated carbocycles. The summed E-state index contributed by atoms with van der Waals surface area (Å²) in [5.41, 5.74) is 3.19. The predicted octanol–water partition coefficient (Wildman–Crippen LogP) is 3.95. The summed E-state index contributed by atoms with van der Waals surface area (Å²) in [6.07, 6.45) is 0. The zero-order valence-corrected chi connectivity index (χ0v) is 13.1. The second-order valence-corrected chi connectivity index (χ2v) is 5.20. The quantitative estimate of drug-likeness (QED) is 0.899. The Labute approximate surface area is 121 Å². The largest absolute Gasteiger partial charge is 0.373 e. The average Bonchev–Trinajstić information content (AvgIpc) is 2.38. The number of aromatic nitrogens is 2. The van der Waals surface area contributed by atoms with Crippen molar-refractivity contribution >= 4 is 33.3 Å². The lowest BCUT2D eigenvalue weighted by atomic mass is 10.2. The fourth-order valence-corrected chi connectivity index (χ4v) is 2.23. The monoisotopic (exact) mass is 320 g/mol. The highest BCUT2D eigenvalue weighted by Gasteiger charge is 2.10. The van der Waals surface area contributed by atoms with E-state index in [1.165, 1.54) is 5.56 Å². The van der Waals surface area contributed by atoms with E-state index in [0.717, 1.165) is 33.2 Å². The Morgan fingerprint density at radius 1 is 1.05 bits per heavy atom. The minimum absolute atomic E-state index is 0.737. The van der Waals surface area contributed by atoms with E-state index in [-0.39, 0.29) is 0 Å². The van der Waals surface area contributed by atoms with Crippen LogP contribution in [0.2, 0.25) is 0 Å². The second kappa shape index (κ2) is 5.57. The number of nitrogens with one attached hydrogen (secondary N) is 2. The van der Waals surface area contributed by atoms with Crippen LogP contribution in [0.3, 0.4) is 0 Å². The minimum Gasteiger partial charge on any atom is -0.373 e. The van der Waals surface area contributed by atoms with Crippen LogP contribution < -0.4 is 10.6 Å². The Balaban J connectivity index is 2.43. The van der Waals surface area contributed by atoms with E-state index >= 15 is 0 Å².